The van der Waals surface area contributed by atoms with Crippen LogP contribution in [0.2, 0.25) is 0 Å². The first kappa shape index (κ1) is 84.7. The number of likely N-dealkylation sites (N-methyl/N-ethyl adjacent to an activating group) is 1. The predicted octanol–water partition coefficient (Wildman–Crippen LogP) is 23.9. The number of hydrogen-bond donors (Lipinski definition) is 0. The monoisotopic (exact) mass is 1240 g/mol. The van der Waals surface area contributed by atoms with Gasteiger partial charge in [-0.2, -0.15) is 0 Å². The first-order chi connectivity index (χ1) is 42.5. The molecule has 0 saturated carbocycles. The molecule has 0 spiro atoms. The van der Waals surface area contributed by atoms with Gasteiger partial charge in [-0.05, 0) is 57.8 Å². The van der Waals surface area contributed by atoms with E-state index in [1.165, 1.54) is 270 Å². The fraction of sp³-hybridized carbons (Fsp3) is 0.844. The van der Waals surface area contributed by atoms with Gasteiger partial charge in [-0.1, -0.05) is 357 Å². The molecule has 0 aliphatic rings. The number of phosphoric ester groups is 1. The molecule has 0 aromatic heterocycles. The van der Waals surface area contributed by atoms with Gasteiger partial charge in [0.1, 0.15) is 19.8 Å². The zero-order chi connectivity index (χ0) is 63.4. The van der Waals surface area contributed by atoms with E-state index in [-0.39, 0.29) is 32.0 Å². The van der Waals surface area contributed by atoms with Crippen LogP contribution in [-0.2, 0) is 32.7 Å². The molecule has 87 heavy (non-hydrogen) atoms. The molecule has 0 aliphatic carbocycles. The summed E-state index contributed by atoms with van der Waals surface area (Å²) < 4.78 is 34.4. The van der Waals surface area contributed by atoms with Crippen molar-refractivity contribution in [1.82, 2.24) is 0 Å². The summed E-state index contributed by atoms with van der Waals surface area (Å²) in [7, 11) is 1.19. The van der Waals surface area contributed by atoms with Crippen LogP contribution < -0.4 is 4.89 Å². The minimum atomic E-state index is -4.64. The van der Waals surface area contributed by atoms with Gasteiger partial charge < -0.3 is 27.9 Å². The summed E-state index contributed by atoms with van der Waals surface area (Å²) in [6, 6.07) is 0. The number of phosphoric acid groups is 1. The Labute approximate surface area is 540 Å². The predicted molar refractivity (Wildman–Crippen MR) is 374 cm³/mol. The first-order valence-electron chi connectivity index (χ1n) is 37.5. The quantitative estimate of drug-likeness (QED) is 0.0195. The normalized spacial score (nSPS) is 13.4. The molecule has 0 aromatic carbocycles. The van der Waals surface area contributed by atoms with Gasteiger partial charge in [0, 0.05) is 12.8 Å². The number of hydrogen-bond acceptors (Lipinski definition) is 8. The molecule has 0 amide bonds. The van der Waals surface area contributed by atoms with Crippen LogP contribution in [0, 0.1) is 0 Å². The van der Waals surface area contributed by atoms with Gasteiger partial charge in [-0.25, -0.2) is 0 Å². The summed E-state index contributed by atoms with van der Waals surface area (Å²) in [6.45, 7) is 4.20. The van der Waals surface area contributed by atoms with Crippen LogP contribution in [0.25, 0.3) is 0 Å². The molecule has 0 rings (SSSR count). The van der Waals surface area contributed by atoms with Gasteiger partial charge in [-0.15, -0.1) is 0 Å². The number of nitrogens with zero attached hydrogens (tertiary/aromatic N) is 1. The molecule has 2 unspecified atom stereocenters. The molecule has 0 radical (unpaired) electrons. The van der Waals surface area contributed by atoms with Gasteiger partial charge in [0.15, 0.2) is 6.10 Å². The van der Waals surface area contributed by atoms with Gasteiger partial charge in [0.25, 0.3) is 7.82 Å². The number of quaternary nitrogens is 1. The lowest BCUT2D eigenvalue weighted by Crippen LogP contribution is -2.37. The van der Waals surface area contributed by atoms with Gasteiger partial charge >= 0.3 is 11.9 Å². The number of rotatable bonds is 70. The molecule has 0 saturated heterocycles. The Morgan fingerprint density at radius 1 is 0.368 bits per heavy atom. The summed E-state index contributed by atoms with van der Waals surface area (Å²) in [5.41, 5.74) is 0. The van der Waals surface area contributed by atoms with E-state index in [4.69, 9.17) is 18.5 Å². The second kappa shape index (κ2) is 68.1. The topological polar surface area (TPSA) is 111 Å². The molecule has 0 heterocycles. The van der Waals surface area contributed by atoms with Crippen LogP contribution in [0.15, 0.2) is 60.8 Å². The van der Waals surface area contributed by atoms with Crippen LogP contribution in [0.4, 0.5) is 0 Å². The maximum atomic E-state index is 12.9. The van der Waals surface area contributed by atoms with E-state index in [0.29, 0.717) is 17.4 Å². The van der Waals surface area contributed by atoms with Gasteiger partial charge in [0.05, 0.1) is 27.7 Å². The molecule has 0 fully saturated rings. The minimum absolute atomic E-state index is 0.0282. The summed E-state index contributed by atoms with van der Waals surface area (Å²) in [6.07, 6.45) is 90.4. The third-order valence-corrected chi connectivity index (χ3v) is 17.8. The van der Waals surface area contributed by atoms with Crippen molar-refractivity contribution >= 4 is 19.8 Å². The van der Waals surface area contributed by atoms with Crippen molar-refractivity contribution in [3.05, 3.63) is 60.8 Å². The average molecular weight is 1240 g/mol. The van der Waals surface area contributed by atoms with Gasteiger partial charge in [0.2, 0.25) is 0 Å². The highest BCUT2D eigenvalue weighted by Crippen LogP contribution is 2.38. The Morgan fingerprint density at radius 2 is 0.655 bits per heavy atom. The fourth-order valence-electron chi connectivity index (χ4n) is 11.1. The maximum Gasteiger partial charge on any atom is 0.306 e. The molecular weight excluding hydrogens is 1100 g/mol. The number of carbonyl (C=O) groups is 2. The van der Waals surface area contributed by atoms with Crippen molar-refractivity contribution in [3.63, 3.8) is 0 Å². The molecule has 510 valence electrons. The highest BCUT2D eigenvalue weighted by Gasteiger charge is 2.22. The summed E-state index contributed by atoms with van der Waals surface area (Å²) >= 11 is 0. The molecule has 0 aromatic rings. The SMILES string of the molecule is CC/C=C\C/C=C\C/C=C\C/C=C\C/C=C\CCCCCCCCCCCCCCCCCCCCCCCC(=O)OC(COC(=O)CCCCCCCCCCCCCCCCCCCCCCCCCCCC)COP(=O)([O-])OCC[N+](C)(C)C. The lowest BCUT2D eigenvalue weighted by molar-refractivity contribution is -0.870. The minimum Gasteiger partial charge on any atom is -0.756 e. The van der Waals surface area contributed by atoms with E-state index >= 15 is 0 Å². The number of esters is 2. The highest BCUT2D eigenvalue weighted by molar-refractivity contribution is 7.45. The molecule has 2 atom stereocenters. The van der Waals surface area contributed by atoms with Crippen LogP contribution in [0.1, 0.15) is 367 Å². The largest absolute Gasteiger partial charge is 0.756 e. The lowest BCUT2D eigenvalue weighted by Gasteiger charge is -2.28. The van der Waals surface area contributed by atoms with Gasteiger partial charge in [-0.3, -0.25) is 14.2 Å². The van der Waals surface area contributed by atoms with Crippen LogP contribution in [-0.4, -0.2) is 70.0 Å². The van der Waals surface area contributed by atoms with Crippen molar-refractivity contribution in [2.45, 2.75) is 373 Å². The smallest absolute Gasteiger partial charge is 0.306 e. The first-order valence-corrected chi connectivity index (χ1v) is 39.0. The van der Waals surface area contributed by atoms with Crippen molar-refractivity contribution < 1.29 is 42.1 Å². The number of unbranched alkanes of at least 4 members (excludes halogenated alkanes) is 46. The Morgan fingerprint density at radius 3 is 0.977 bits per heavy atom. The second-order valence-corrected chi connectivity index (χ2v) is 28.1. The van der Waals surface area contributed by atoms with E-state index in [0.717, 1.165) is 64.2 Å². The van der Waals surface area contributed by atoms with E-state index in [1.54, 1.807) is 0 Å². The highest BCUT2D eigenvalue weighted by atomic mass is 31.2. The average Bonchev–Trinajstić information content (AvgIpc) is 3.56. The zero-order valence-corrected chi connectivity index (χ0v) is 59.1. The summed E-state index contributed by atoms with van der Waals surface area (Å²) in [4.78, 5) is 38.1. The van der Waals surface area contributed by atoms with E-state index in [2.05, 4.69) is 74.6 Å². The maximum absolute atomic E-state index is 12.9. The molecule has 0 N–H and O–H groups in total. The van der Waals surface area contributed by atoms with E-state index in [9.17, 15) is 19.0 Å². The van der Waals surface area contributed by atoms with Crippen molar-refractivity contribution in [1.29, 1.82) is 0 Å². The molecular formula is C77H144NO8P. The van der Waals surface area contributed by atoms with Crippen molar-refractivity contribution in [2.75, 3.05) is 47.5 Å². The molecule has 10 heteroatoms. The lowest BCUT2D eigenvalue weighted by atomic mass is 10.0. The van der Waals surface area contributed by atoms with Crippen LogP contribution in [0.3, 0.4) is 0 Å². The Hall–Kier alpha value is -2.29. The Balaban J connectivity index is 3.94. The molecule has 9 nitrogen and oxygen atoms in total. The molecule has 0 bridgehead atoms. The summed E-state index contributed by atoms with van der Waals surface area (Å²) in [5, 5.41) is 0. The zero-order valence-electron chi connectivity index (χ0n) is 58.2. The summed E-state index contributed by atoms with van der Waals surface area (Å²) in [5.74, 6) is -0.810. The molecule has 0 aliphatic heterocycles. The third kappa shape index (κ3) is 72.6. The van der Waals surface area contributed by atoms with E-state index in [1.807, 2.05) is 21.1 Å². The van der Waals surface area contributed by atoms with Crippen molar-refractivity contribution in [3.8, 4) is 0 Å². The number of carbonyl (C=O) groups excluding carboxylic acids is 2. The Kier molecular flexibility index (Phi) is 66.3. The standard InChI is InChI=1S/C77H144NO8P/c1-6-8-10-12-14-16-18-20-22-24-26-28-30-32-34-35-36-37-38-39-40-41-42-43-44-46-48-50-52-54-56-58-60-62-64-66-68-70-77(80)86-75(74-85-87(81,82)84-72-71-78(3,4)5)73-83-76(79)69-67-65-63-61-59-57-55-53-51-49-47-45-33-31-29-27-25-23-21-19-17-15-13-11-9-7-2/h8,10,14,16,20,22,26,28,32,34,75H,6-7,9,11-13,15,17-19,21,23-25,27,29-31,33,35-74H2,1-5H3/b10-8-,16-14-,22-20-,28-26-,34-32-. The van der Waals surface area contributed by atoms with Crippen molar-refractivity contribution in [2.24, 2.45) is 0 Å². The second-order valence-electron chi connectivity index (χ2n) is 26.6. The Bertz CT molecular complexity index is 1650. The van der Waals surface area contributed by atoms with Crippen LogP contribution >= 0.6 is 7.82 Å². The third-order valence-electron chi connectivity index (χ3n) is 16.8. The van der Waals surface area contributed by atoms with E-state index < -0.39 is 26.5 Å². The fourth-order valence-corrected chi connectivity index (χ4v) is 11.8. The van der Waals surface area contributed by atoms with Crippen LogP contribution in [0.5, 0.6) is 0 Å². The number of allylic oxidation sites excluding steroid dienone is 10. The number of ether oxygens (including phenoxy) is 2.